The Hall–Kier alpha value is -1.16. The molecule has 5 nitrogen and oxygen atoms in total. The van der Waals surface area contributed by atoms with Gasteiger partial charge in [-0.3, -0.25) is 0 Å². The Morgan fingerprint density at radius 1 is 1.14 bits per heavy atom. The predicted octanol–water partition coefficient (Wildman–Crippen LogP) is 2.95. The normalized spacial score (nSPS) is 25.3. The number of sulfonamides is 1. The second-order valence-electron chi connectivity index (χ2n) is 8.12. The van der Waals surface area contributed by atoms with Gasteiger partial charge >= 0.3 is 6.18 Å². The molecule has 1 heterocycles. The molecule has 0 spiro atoms. The molecule has 0 bridgehead atoms. The van der Waals surface area contributed by atoms with Gasteiger partial charge in [-0.05, 0) is 50.3 Å². The van der Waals surface area contributed by atoms with Crippen LogP contribution in [-0.4, -0.2) is 61.1 Å². The molecule has 0 unspecified atom stereocenters. The second kappa shape index (κ2) is 7.59. The van der Waals surface area contributed by atoms with E-state index in [-0.39, 0.29) is 10.9 Å². The average Bonchev–Trinajstić information content (AvgIpc) is 2.57. The summed E-state index contributed by atoms with van der Waals surface area (Å²) in [7, 11) is -3.81. The molecule has 0 amide bonds. The second-order valence-corrected chi connectivity index (χ2v) is 10.0. The van der Waals surface area contributed by atoms with E-state index < -0.39 is 27.4 Å². The van der Waals surface area contributed by atoms with E-state index in [9.17, 15) is 26.7 Å². The third-order valence-electron chi connectivity index (χ3n) is 5.97. The highest BCUT2D eigenvalue weighted by Crippen LogP contribution is 2.38. The van der Waals surface area contributed by atoms with Crippen molar-refractivity contribution in [2.45, 2.75) is 55.8 Å². The number of hydrogen-bond acceptors (Lipinski definition) is 4. The van der Waals surface area contributed by atoms with Crippen molar-refractivity contribution in [1.29, 1.82) is 0 Å². The zero-order valence-corrected chi connectivity index (χ0v) is 16.9. The van der Waals surface area contributed by atoms with Crippen LogP contribution in [0.5, 0.6) is 0 Å². The van der Waals surface area contributed by atoms with Crippen LogP contribution in [0.4, 0.5) is 13.2 Å². The SMILES string of the molecule is C[C@@H]1CN(CC2CCC2)CCN1S(=O)(=O)c1ccc([C@](C)(O)C(F)(F)F)cc1. The molecule has 9 heteroatoms. The fourth-order valence-electron chi connectivity index (χ4n) is 3.83. The molecule has 2 aliphatic rings. The molecule has 158 valence electrons. The Bertz CT molecular complexity index is 790. The molecule has 1 aromatic rings. The Morgan fingerprint density at radius 3 is 2.21 bits per heavy atom. The van der Waals surface area contributed by atoms with Crippen LogP contribution in [0.15, 0.2) is 29.2 Å². The number of halogens is 3. The van der Waals surface area contributed by atoms with E-state index in [1.165, 1.54) is 23.6 Å². The van der Waals surface area contributed by atoms with Crippen molar-refractivity contribution in [3.05, 3.63) is 29.8 Å². The minimum absolute atomic E-state index is 0.0616. The third kappa shape index (κ3) is 4.08. The summed E-state index contributed by atoms with van der Waals surface area (Å²) in [4.78, 5) is 2.23. The first-order valence-electron chi connectivity index (χ1n) is 9.57. The maximum Gasteiger partial charge on any atom is 0.421 e. The van der Waals surface area contributed by atoms with Gasteiger partial charge < -0.3 is 10.0 Å². The number of nitrogens with zero attached hydrogens (tertiary/aromatic N) is 2. The summed E-state index contributed by atoms with van der Waals surface area (Å²) >= 11 is 0. The molecular formula is C19H27F3N2O3S. The Morgan fingerprint density at radius 2 is 1.75 bits per heavy atom. The van der Waals surface area contributed by atoms with Gasteiger partial charge in [-0.15, -0.1) is 0 Å². The number of piperazine rings is 1. The van der Waals surface area contributed by atoms with Crippen molar-refractivity contribution in [2.75, 3.05) is 26.2 Å². The molecule has 2 atom stereocenters. The summed E-state index contributed by atoms with van der Waals surface area (Å²) in [6, 6.07) is 4.11. The highest BCUT2D eigenvalue weighted by molar-refractivity contribution is 7.89. The number of benzene rings is 1. The topological polar surface area (TPSA) is 60.9 Å². The molecule has 1 aliphatic heterocycles. The summed E-state index contributed by atoms with van der Waals surface area (Å²) < 4.78 is 66.3. The lowest BCUT2D eigenvalue weighted by Gasteiger charge is -2.41. The fraction of sp³-hybridized carbons (Fsp3) is 0.684. The number of hydrogen-bond donors (Lipinski definition) is 1. The smallest absolute Gasteiger partial charge is 0.376 e. The molecule has 1 saturated carbocycles. The van der Waals surface area contributed by atoms with Gasteiger partial charge in [0.15, 0.2) is 5.60 Å². The molecule has 28 heavy (non-hydrogen) atoms. The van der Waals surface area contributed by atoms with Crippen LogP contribution in [-0.2, 0) is 15.6 Å². The van der Waals surface area contributed by atoms with Gasteiger partial charge in [0.05, 0.1) is 4.90 Å². The zero-order chi connectivity index (χ0) is 20.7. The van der Waals surface area contributed by atoms with E-state index in [1.807, 2.05) is 6.92 Å². The van der Waals surface area contributed by atoms with Gasteiger partial charge in [0, 0.05) is 32.2 Å². The minimum Gasteiger partial charge on any atom is -0.376 e. The molecule has 1 aromatic carbocycles. The van der Waals surface area contributed by atoms with Gasteiger partial charge in [0.25, 0.3) is 0 Å². The third-order valence-corrected chi connectivity index (χ3v) is 7.99. The predicted molar refractivity (Wildman–Crippen MR) is 99.2 cm³/mol. The number of rotatable bonds is 5. The van der Waals surface area contributed by atoms with Crippen LogP contribution < -0.4 is 0 Å². The van der Waals surface area contributed by atoms with Crippen LogP contribution in [0, 0.1) is 5.92 Å². The lowest BCUT2D eigenvalue weighted by molar-refractivity contribution is -0.258. The molecule has 0 radical (unpaired) electrons. The standard InChI is InChI=1S/C19H27F3N2O3S/c1-14-12-23(13-15-4-3-5-15)10-11-24(14)28(26,27)17-8-6-16(7-9-17)18(2,25)19(20,21)22/h6-9,14-15,25H,3-5,10-13H2,1-2H3/t14-,18+/m1/s1. The highest BCUT2D eigenvalue weighted by atomic mass is 32.2. The van der Waals surface area contributed by atoms with E-state index >= 15 is 0 Å². The maximum atomic E-state index is 13.0. The first kappa shape index (κ1) is 21.5. The van der Waals surface area contributed by atoms with Gasteiger partial charge in [0.2, 0.25) is 10.0 Å². The van der Waals surface area contributed by atoms with Crippen molar-refractivity contribution in [1.82, 2.24) is 9.21 Å². The quantitative estimate of drug-likeness (QED) is 0.796. The van der Waals surface area contributed by atoms with Crippen molar-refractivity contribution >= 4 is 10.0 Å². The lowest BCUT2D eigenvalue weighted by atomic mass is 9.85. The van der Waals surface area contributed by atoms with Crippen molar-refractivity contribution in [3.63, 3.8) is 0 Å². The van der Waals surface area contributed by atoms with E-state index in [0.717, 1.165) is 30.8 Å². The first-order chi connectivity index (χ1) is 12.9. The molecule has 1 N–H and O–H groups in total. The van der Waals surface area contributed by atoms with Crippen LogP contribution in [0.3, 0.4) is 0 Å². The maximum absolute atomic E-state index is 13.0. The molecule has 0 aromatic heterocycles. The van der Waals surface area contributed by atoms with Gasteiger partial charge in [0.1, 0.15) is 0 Å². The summed E-state index contributed by atoms with van der Waals surface area (Å²) in [5.74, 6) is 0.712. The zero-order valence-electron chi connectivity index (χ0n) is 16.1. The largest absolute Gasteiger partial charge is 0.421 e. The fourth-order valence-corrected chi connectivity index (χ4v) is 5.44. The van der Waals surface area contributed by atoms with E-state index in [4.69, 9.17) is 0 Å². The average molecular weight is 420 g/mol. The monoisotopic (exact) mass is 420 g/mol. The van der Waals surface area contributed by atoms with Gasteiger partial charge in [-0.25, -0.2) is 8.42 Å². The molecule has 1 aliphatic carbocycles. The Balaban J connectivity index is 1.72. The molecule has 2 fully saturated rings. The lowest BCUT2D eigenvalue weighted by Crippen LogP contribution is -2.54. The summed E-state index contributed by atoms with van der Waals surface area (Å²) in [5, 5.41) is 9.74. The highest BCUT2D eigenvalue weighted by Gasteiger charge is 2.51. The van der Waals surface area contributed by atoms with Crippen LogP contribution in [0.2, 0.25) is 0 Å². The first-order valence-corrected chi connectivity index (χ1v) is 11.0. The van der Waals surface area contributed by atoms with Crippen LogP contribution in [0.1, 0.15) is 38.7 Å². The van der Waals surface area contributed by atoms with Crippen LogP contribution in [0.25, 0.3) is 0 Å². The Labute approximate surface area is 164 Å². The summed E-state index contributed by atoms with van der Waals surface area (Å²) in [5.41, 5.74) is -3.42. The number of aliphatic hydroxyl groups is 1. The molecular weight excluding hydrogens is 393 g/mol. The van der Waals surface area contributed by atoms with Gasteiger partial charge in [-0.2, -0.15) is 17.5 Å². The summed E-state index contributed by atoms with van der Waals surface area (Å²) in [6.07, 6.45) is -1.10. The van der Waals surface area contributed by atoms with Crippen molar-refractivity contribution < 1.29 is 26.7 Å². The Kier molecular flexibility index (Phi) is 5.84. The van der Waals surface area contributed by atoms with Crippen molar-refractivity contribution in [3.8, 4) is 0 Å². The van der Waals surface area contributed by atoms with E-state index in [1.54, 1.807) is 0 Å². The van der Waals surface area contributed by atoms with Crippen LogP contribution >= 0.6 is 0 Å². The van der Waals surface area contributed by atoms with Gasteiger partial charge in [-0.1, -0.05) is 18.6 Å². The van der Waals surface area contributed by atoms with E-state index in [2.05, 4.69) is 4.90 Å². The molecule has 1 saturated heterocycles. The van der Waals surface area contributed by atoms with E-state index in [0.29, 0.717) is 32.5 Å². The minimum atomic E-state index is -4.85. The van der Waals surface area contributed by atoms with Crippen molar-refractivity contribution in [2.24, 2.45) is 5.92 Å². The summed E-state index contributed by atoms with van der Waals surface area (Å²) in [6.45, 7) is 5.17. The number of alkyl halides is 3. The molecule has 3 rings (SSSR count).